The fourth-order valence-corrected chi connectivity index (χ4v) is 5.66. The number of nitrogens with zero attached hydrogens (tertiary/aromatic N) is 1. The first-order valence-electron chi connectivity index (χ1n) is 8.50. The van der Waals surface area contributed by atoms with Gasteiger partial charge in [-0.1, -0.05) is 0 Å². The Morgan fingerprint density at radius 3 is 2.42 bits per heavy atom. The van der Waals surface area contributed by atoms with E-state index in [9.17, 15) is 13.2 Å². The Morgan fingerprint density at radius 1 is 1.23 bits per heavy atom. The molecule has 7 heteroatoms. The summed E-state index contributed by atoms with van der Waals surface area (Å²) in [4.78, 5) is 12.8. The summed E-state index contributed by atoms with van der Waals surface area (Å²) in [7, 11) is -1.46. The predicted molar refractivity (Wildman–Crippen MR) is 101 cm³/mol. The van der Waals surface area contributed by atoms with Gasteiger partial charge in [0.15, 0.2) is 9.84 Å². The van der Waals surface area contributed by atoms with Crippen LogP contribution in [0, 0.1) is 13.8 Å². The van der Waals surface area contributed by atoms with Crippen LogP contribution in [-0.4, -0.2) is 43.0 Å². The monoisotopic (exact) mass is 376 g/mol. The molecule has 0 spiro atoms. The molecule has 2 heterocycles. The molecule has 1 N–H and O–H groups in total. The largest absolute Gasteiger partial charge is 0.497 e. The van der Waals surface area contributed by atoms with Gasteiger partial charge in [-0.15, -0.1) is 0 Å². The van der Waals surface area contributed by atoms with Crippen molar-refractivity contribution in [3.8, 4) is 11.4 Å². The van der Waals surface area contributed by atoms with Gasteiger partial charge in [0.25, 0.3) is 5.91 Å². The Bertz CT molecular complexity index is 945. The first-order valence-corrected chi connectivity index (χ1v) is 10.3. The summed E-state index contributed by atoms with van der Waals surface area (Å²) in [5, 5.41) is 2.93. The smallest absolute Gasteiger partial charge is 0.253 e. The number of rotatable bonds is 4. The second kappa shape index (κ2) is 6.46. The van der Waals surface area contributed by atoms with Crippen LogP contribution in [-0.2, 0) is 9.84 Å². The van der Waals surface area contributed by atoms with E-state index in [-0.39, 0.29) is 17.4 Å². The highest BCUT2D eigenvalue weighted by Gasteiger charge is 2.39. The molecule has 1 aromatic heterocycles. The summed E-state index contributed by atoms with van der Waals surface area (Å²) in [5.41, 5.74) is 2.54. The van der Waals surface area contributed by atoms with Gasteiger partial charge in [0.05, 0.1) is 29.7 Å². The standard InChI is InChI=1S/C19H24N2O4S/c1-13-11-17(18(22)20-19(3)9-10-26(23,24)12-19)14(2)21(13)15-5-7-16(25-4)8-6-15/h5-8,11H,9-10,12H2,1-4H3,(H,20,22). The van der Waals surface area contributed by atoms with Gasteiger partial charge in [0.1, 0.15) is 5.75 Å². The quantitative estimate of drug-likeness (QED) is 0.889. The summed E-state index contributed by atoms with van der Waals surface area (Å²) < 4.78 is 30.7. The van der Waals surface area contributed by atoms with Crippen LogP contribution in [0.5, 0.6) is 5.75 Å². The third-order valence-electron chi connectivity index (χ3n) is 4.93. The Morgan fingerprint density at radius 2 is 1.88 bits per heavy atom. The molecule has 1 amide bonds. The van der Waals surface area contributed by atoms with E-state index in [0.29, 0.717) is 12.0 Å². The van der Waals surface area contributed by atoms with Crippen molar-refractivity contribution in [2.24, 2.45) is 0 Å². The van der Waals surface area contributed by atoms with E-state index in [1.54, 1.807) is 14.0 Å². The van der Waals surface area contributed by atoms with Crippen LogP contribution in [0.25, 0.3) is 5.69 Å². The lowest BCUT2D eigenvalue weighted by Gasteiger charge is -2.23. The van der Waals surface area contributed by atoms with E-state index in [2.05, 4.69) is 5.32 Å². The van der Waals surface area contributed by atoms with Crippen LogP contribution in [0.4, 0.5) is 0 Å². The summed E-state index contributed by atoms with van der Waals surface area (Å²) in [6.45, 7) is 5.62. The van der Waals surface area contributed by atoms with Gasteiger partial charge < -0.3 is 14.6 Å². The minimum atomic E-state index is -3.08. The third kappa shape index (κ3) is 3.49. The maximum absolute atomic E-state index is 12.8. The number of benzene rings is 1. The maximum Gasteiger partial charge on any atom is 0.253 e. The molecule has 1 atom stereocenters. The van der Waals surface area contributed by atoms with Gasteiger partial charge >= 0.3 is 0 Å². The Balaban J connectivity index is 1.88. The van der Waals surface area contributed by atoms with Crippen LogP contribution in [0.3, 0.4) is 0 Å². The van der Waals surface area contributed by atoms with Crippen LogP contribution in [0.2, 0.25) is 0 Å². The fourth-order valence-electron chi connectivity index (χ4n) is 3.57. The molecule has 0 radical (unpaired) electrons. The highest BCUT2D eigenvalue weighted by atomic mass is 32.2. The van der Waals surface area contributed by atoms with E-state index in [4.69, 9.17) is 4.74 Å². The number of methoxy groups -OCH3 is 1. The molecule has 0 saturated carbocycles. The molecule has 0 bridgehead atoms. The van der Waals surface area contributed by atoms with Gasteiger partial charge in [-0.2, -0.15) is 0 Å². The maximum atomic E-state index is 12.8. The van der Waals surface area contributed by atoms with Crippen LogP contribution < -0.4 is 10.1 Å². The molecule has 140 valence electrons. The molecule has 3 rings (SSSR count). The van der Waals surface area contributed by atoms with Gasteiger partial charge in [-0.25, -0.2) is 8.42 Å². The van der Waals surface area contributed by atoms with Crippen molar-refractivity contribution in [3.05, 3.63) is 47.3 Å². The van der Waals surface area contributed by atoms with E-state index >= 15 is 0 Å². The average Bonchev–Trinajstić information content (AvgIpc) is 3.02. The summed E-state index contributed by atoms with van der Waals surface area (Å²) in [6.07, 6.45) is 0.443. The molecule has 0 aliphatic carbocycles. The fraction of sp³-hybridized carbons (Fsp3) is 0.421. The van der Waals surface area contributed by atoms with E-state index in [1.165, 1.54) is 0 Å². The second-order valence-electron chi connectivity index (χ2n) is 7.18. The minimum Gasteiger partial charge on any atom is -0.497 e. The van der Waals surface area contributed by atoms with Crippen molar-refractivity contribution in [2.75, 3.05) is 18.6 Å². The number of carbonyl (C=O) groups is 1. The Hall–Kier alpha value is -2.28. The van der Waals surface area contributed by atoms with Crippen molar-refractivity contribution in [1.29, 1.82) is 0 Å². The second-order valence-corrected chi connectivity index (χ2v) is 9.36. The molecule has 1 aliphatic rings. The highest BCUT2D eigenvalue weighted by molar-refractivity contribution is 7.91. The van der Waals surface area contributed by atoms with E-state index in [0.717, 1.165) is 22.8 Å². The number of hydrogen-bond donors (Lipinski definition) is 1. The van der Waals surface area contributed by atoms with Crippen molar-refractivity contribution >= 4 is 15.7 Å². The number of amides is 1. The van der Waals surface area contributed by atoms with Crippen molar-refractivity contribution < 1.29 is 17.9 Å². The molecule has 1 fully saturated rings. The topological polar surface area (TPSA) is 77.4 Å². The zero-order valence-corrected chi connectivity index (χ0v) is 16.3. The number of sulfone groups is 1. The molecule has 6 nitrogen and oxygen atoms in total. The number of aromatic nitrogens is 1. The Kier molecular flexibility index (Phi) is 4.60. The summed E-state index contributed by atoms with van der Waals surface area (Å²) in [5.74, 6) is 0.638. The van der Waals surface area contributed by atoms with Crippen molar-refractivity contribution in [3.63, 3.8) is 0 Å². The van der Waals surface area contributed by atoms with E-state index < -0.39 is 15.4 Å². The van der Waals surface area contributed by atoms with Gasteiger partial charge in [-0.3, -0.25) is 4.79 Å². The van der Waals surface area contributed by atoms with Crippen molar-refractivity contribution in [2.45, 2.75) is 32.7 Å². The highest BCUT2D eigenvalue weighted by Crippen LogP contribution is 2.26. The van der Waals surface area contributed by atoms with Gasteiger partial charge in [-0.05, 0) is 57.5 Å². The molecule has 26 heavy (non-hydrogen) atoms. The minimum absolute atomic E-state index is 0.0110. The van der Waals surface area contributed by atoms with Crippen molar-refractivity contribution in [1.82, 2.24) is 9.88 Å². The third-order valence-corrected chi connectivity index (χ3v) is 6.83. The number of carbonyl (C=O) groups excluding carboxylic acids is 1. The van der Waals surface area contributed by atoms with Gasteiger partial charge in [0, 0.05) is 17.1 Å². The number of nitrogens with one attached hydrogen (secondary N) is 1. The Labute approximate surface area is 154 Å². The van der Waals surface area contributed by atoms with Crippen LogP contribution in [0.15, 0.2) is 30.3 Å². The first-order chi connectivity index (χ1) is 12.1. The number of aryl methyl sites for hydroxylation is 1. The zero-order valence-electron chi connectivity index (χ0n) is 15.5. The SMILES string of the molecule is COc1ccc(-n2c(C)cc(C(=O)NC3(C)CCS(=O)(=O)C3)c2C)cc1. The first kappa shape index (κ1) is 18.5. The van der Waals surface area contributed by atoms with Crippen LogP contribution >= 0.6 is 0 Å². The lowest BCUT2D eigenvalue weighted by atomic mass is 10.0. The molecule has 1 unspecified atom stereocenters. The zero-order chi connectivity index (χ0) is 19.1. The normalized spacial score (nSPS) is 21.5. The lowest BCUT2D eigenvalue weighted by Crippen LogP contribution is -2.47. The molecule has 1 aromatic carbocycles. The van der Waals surface area contributed by atoms with Crippen LogP contribution in [0.1, 0.15) is 35.1 Å². The molecule has 1 aliphatic heterocycles. The molecule has 2 aromatic rings. The number of hydrogen-bond acceptors (Lipinski definition) is 4. The van der Waals surface area contributed by atoms with E-state index in [1.807, 2.05) is 48.7 Å². The summed E-state index contributed by atoms with van der Waals surface area (Å²) in [6, 6.07) is 9.45. The molecular formula is C19H24N2O4S. The molecule has 1 saturated heterocycles. The average molecular weight is 376 g/mol. The lowest BCUT2D eigenvalue weighted by molar-refractivity contribution is 0.0915. The number of ether oxygens (including phenoxy) is 1. The summed E-state index contributed by atoms with van der Waals surface area (Å²) >= 11 is 0. The molecular weight excluding hydrogens is 352 g/mol. The van der Waals surface area contributed by atoms with Gasteiger partial charge in [0.2, 0.25) is 0 Å². The predicted octanol–water partition coefficient (Wildman–Crippen LogP) is 2.41.